The maximum atomic E-state index is 12.1. The normalized spacial score (nSPS) is 15.7. The molecular weight excluding hydrogens is 280 g/mol. The molecular formula is C14H15ClN2O3. The molecule has 20 heavy (non-hydrogen) atoms. The highest BCUT2D eigenvalue weighted by atomic mass is 35.5. The van der Waals surface area contributed by atoms with Gasteiger partial charge in [0.1, 0.15) is 6.54 Å². The second-order valence-corrected chi connectivity index (χ2v) is 4.97. The van der Waals surface area contributed by atoms with E-state index in [1.807, 2.05) is 6.92 Å². The molecule has 0 atom stereocenters. The highest BCUT2D eigenvalue weighted by Gasteiger charge is 2.30. The number of halogens is 1. The van der Waals surface area contributed by atoms with Crippen LogP contribution in [0.25, 0.3) is 0 Å². The van der Waals surface area contributed by atoms with Gasteiger partial charge in [-0.1, -0.05) is 23.7 Å². The van der Waals surface area contributed by atoms with Gasteiger partial charge in [0.05, 0.1) is 18.1 Å². The van der Waals surface area contributed by atoms with E-state index in [1.54, 1.807) is 24.3 Å². The van der Waals surface area contributed by atoms with Crippen LogP contribution in [0.15, 0.2) is 24.3 Å². The van der Waals surface area contributed by atoms with Crippen molar-refractivity contribution in [2.24, 2.45) is 0 Å². The van der Waals surface area contributed by atoms with E-state index in [1.165, 1.54) is 9.80 Å². The number of benzene rings is 1. The van der Waals surface area contributed by atoms with Crippen LogP contribution in [0.1, 0.15) is 17.3 Å². The second-order valence-electron chi connectivity index (χ2n) is 4.56. The van der Waals surface area contributed by atoms with Gasteiger partial charge in [0, 0.05) is 12.1 Å². The van der Waals surface area contributed by atoms with Gasteiger partial charge in [-0.25, -0.2) is 0 Å². The lowest BCUT2D eigenvalue weighted by atomic mass is 10.1. The number of hydrogen-bond acceptors (Lipinski definition) is 3. The number of carbonyl (C=O) groups excluding carboxylic acids is 3. The number of amides is 2. The average Bonchev–Trinajstić information content (AvgIpc) is 2.42. The number of carbonyl (C=O) groups is 3. The molecule has 106 valence electrons. The van der Waals surface area contributed by atoms with Gasteiger partial charge in [-0.3, -0.25) is 14.4 Å². The topological polar surface area (TPSA) is 57.7 Å². The number of hydrogen-bond donors (Lipinski definition) is 0. The van der Waals surface area contributed by atoms with Crippen LogP contribution in [0.3, 0.4) is 0 Å². The SMILES string of the molecule is CCN1CC(=O)N(CC(=O)c2ccccc2Cl)CC1=O. The number of piperazine rings is 1. The average molecular weight is 295 g/mol. The largest absolute Gasteiger partial charge is 0.332 e. The predicted octanol–water partition coefficient (Wildman–Crippen LogP) is 1.21. The van der Waals surface area contributed by atoms with Gasteiger partial charge in [-0.05, 0) is 19.1 Å². The highest BCUT2D eigenvalue weighted by Crippen LogP contribution is 2.16. The fourth-order valence-electron chi connectivity index (χ4n) is 2.08. The maximum Gasteiger partial charge on any atom is 0.243 e. The molecule has 6 heteroatoms. The molecule has 0 unspecified atom stereocenters. The van der Waals surface area contributed by atoms with Gasteiger partial charge in [0.25, 0.3) is 0 Å². The van der Waals surface area contributed by atoms with Crippen molar-refractivity contribution in [1.82, 2.24) is 9.80 Å². The summed E-state index contributed by atoms with van der Waals surface area (Å²) in [6, 6.07) is 6.67. The van der Waals surface area contributed by atoms with Crippen molar-refractivity contribution in [3.05, 3.63) is 34.9 Å². The fraction of sp³-hybridized carbons (Fsp3) is 0.357. The van der Waals surface area contributed by atoms with Crippen LogP contribution in [0.2, 0.25) is 5.02 Å². The third-order valence-corrected chi connectivity index (χ3v) is 3.58. The minimum absolute atomic E-state index is 0.0329. The first-order valence-corrected chi connectivity index (χ1v) is 6.74. The summed E-state index contributed by atoms with van der Waals surface area (Å²) in [5.74, 6) is -0.618. The highest BCUT2D eigenvalue weighted by molar-refractivity contribution is 6.34. The van der Waals surface area contributed by atoms with Crippen molar-refractivity contribution < 1.29 is 14.4 Å². The first kappa shape index (κ1) is 14.5. The summed E-state index contributed by atoms with van der Waals surface area (Å²) in [7, 11) is 0. The Balaban J connectivity index is 2.07. The van der Waals surface area contributed by atoms with E-state index in [2.05, 4.69) is 0 Å². The molecule has 0 aliphatic carbocycles. The minimum atomic E-state index is -0.262. The van der Waals surface area contributed by atoms with Crippen LogP contribution < -0.4 is 0 Å². The smallest absolute Gasteiger partial charge is 0.243 e. The lowest BCUT2D eigenvalue weighted by Crippen LogP contribution is -2.54. The molecule has 0 radical (unpaired) electrons. The van der Waals surface area contributed by atoms with E-state index in [4.69, 9.17) is 11.6 Å². The lowest BCUT2D eigenvalue weighted by molar-refractivity contribution is -0.149. The van der Waals surface area contributed by atoms with E-state index >= 15 is 0 Å². The molecule has 0 spiro atoms. The Hall–Kier alpha value is -1.88. The van der Waals surface area contributed by atoms with Gasteiger partial charge in [-0.2, -0.15) is 0 Å². The molecule has 1 aliphatic heterocycles. The summed E-state index contributed by atoms with van der Waals surface area (Å²) in [6.45, 7) is 2.17. The fourth-order valence-corrected chi connectivity index (χ4v) is 2.32. The van der Waals surface area contributed by atoms with Crippen molar-refractivity contribution >= 4 is 29.2 Å². The molecule has 1 aromatic carbocycles. The zero-order chi connectivity index (χ0) is 14.7. The van der Waals surface area contributed by atoms with Crippen molar-refractivity contribution in [1.29, 1.82) is 0 Å². The molecule has 1 aliphatic rings. The Morgan fingerprint density at radius 1 is 1.15 bits per heavy atom. The zero-order valence-corrected chi connectivity index (χ0v) is 11.9. The molecule has 1 fully saturated rings. The Bertz CT molecular complexity index is 559. The first-order chi connectivity index (χ1) is 9.52. The maximum absolute atomic E-state index is 12.1. The lowest BCUT2D eigenvalue weighted by Gasteiger charge is -2.32. The van der Waals surface area contributed by atoms with Gasteiger partial charge in [0.15, 0.2) is 5.78 Å². The molecule has 0 N–H and O–H groups in total. The molecule has 0 saturated carbocycles. The summed E-state index contributed by atoms with van der Waals surface area (Å²) >= 11 is 5.95. The zero-order valence-electron chi connectivity index (χ0n) is 11.1. The van der Waals surface area contributed by atoms with Crippen LogP contribution in [0.4, 0.5) is 0 Å². The number of likely N-dealkylation sites (N-methyl/N-ethyl adjacent to an activating group) is 1. The van der Waals surface area contributed by atoms with Gasteiger partial charge in [0.2, 0.25) is 11.8 Å². The molecule has 5 nitrogen and oxygen atoms in total. The Kier molecular flexibility index (Phi) is 4.39. The first-order valence-electron chi connectivity index (χ1n) is 6.36. The minimum Gasteiger partial charge on any atom is -0.332 e. The van der Waals surface area contributed by atoms with Crippen molar-refractivity contribution in [2.75, 3.05) is 26.2 Å². The summed E-state index contributed by atoms with van der Waals surface area (Å²) in [4.78, 5) is 38.6. The van der Waals surface area contributed by atoms with E-state index in [0.29, 0.717) is 17.1 Å². The van der Waals surface area contributed by atoms with Crippen molar-refractivity contribution in [3.63, 3.8) is 0 Å². The molecule has 0 bridgehead atoms. The third-order valence-electron chi connectivity index (χ3n) is 3.25. The molecule has 1 heterocycles. The van der Waals surface area contributed by atoms with Crippen LogP contribution in [-0.4, -0.2) is 53.6 Å². The van der Waals surface area contributed by atoms with Crippen LogP contribution in [-0.2, 0) is 9.59 Å². The molecule has 1 saturated heterocycles. The number of rotatable bonds is 4. The second kappa shape index (κ2) is 6.05. The van der Waals surface area contributed by atoms with Crippen LogP contribution >= 0.6 is 11.6 Å². The Labute approximate surface area is 122 Å². The van der Waals surface area contributed by atoms with E-state index in [0.717, 1.165) is 0 Å². The van der Waals surface area contributed by atoms with E-state index in [9.17, 15) is 14.4 Å². The van der Waals surface area contributed by atoms with Crippen LogP contribution in [0.5, 0.6) is 0 Å². The molecule has 2 rings (SSSR count). The summed E-state index contributed by atoms with van der Waals surface area (Å²) in [5, 5.41) is 0.350. The molecule has 1 aromatic rings. The number of ketones is 1. The molecule has 2 amide bonds. The Morgan fingerprint density at radius 3 is 2.40 bits per heavy atom. The molecule has 0 aromatic heterocycles. The van der Waals surface area contributed by atoms with Gasteiger partial charge >= 0.3 is 0 Å². The van der Waals surface area contributed by atoms with Gasteiger partial charge < -0.3 is 9.80 Å². The quantitative estimate of drug-likeness (QED) is 0.785. The van der Waals surface area contributed by atoms with Crippen molar-refractivity contribution in [3.8, 4) is 0 Å². The van der Waals surface area contributed by atoms with Crippen molar-refractivity contribution in [2.45, 2.75) is 6.92 Å². The summed E-state index contributed by atoms with van der Waals surface area (Å²) in [5.41, 5.74) is 0.368. The van der Waals surface area contributed by atoms with Crippen LogP contribution in [0, 0.1) is 0 Å². The van der Waals surface area contributed by atoms with Gasteiger partial charge in [-0.15, -0.1) is 0 Å². The standard InChI is InChI=1S/C14H15ClN2O3/c1-2-16-8-14(20)17(9-13(16)19)7-12(18)10-5-3-4-6-11(10)15/h3-6H,2,7-9H2,1H3. The summed E-state index contributed by atoms with van der Waals surface area (Å²) < 4.78 is 0. The monoisotopic (exact) mass is 294 g/mol. The number of nitrogens with zero attached hydrogens (tertiary/aromatic N) is 2. The van der Waals surface area contributed by atoms with E-state index in [-0.39, 0.29) is 37.2 Å². The number of Topliss-reactive ketones (excluding diaryl/α,β-unsaturated/α-hetero) is 1. The summed E-state index contributed by atoms with van der Waals surface area (Å²) in [6.07, 6.45) is 0. The third kappa shape index (κ3) is 2.99. The Morgan fingerprint density at radius 2 is 1.75 bits per heavy atom. The van der Waals surface area contributed by atoms with E-state index < -0.39 is 0 Å². The predicted molar refractivity (Wildman–Crippen MR) is 74.6 cm³/mol.